The van der Waals surface area contributed by atoms with Gasteiger partial charge in [-0.1, -0.05) is 24.3 Å². The van der Waals surface area contributed by atoms with Gasteiger partial charge in [0.2, 0.25) is 23.6 Å². The monoisotopic (exact) mass is 942 g/mol. The number of hydrogen-bond donors (Lipinski definition) is 1. The van der Waals surface area contributed by atoms with E-state index in [0.717, 1.165) is 41.0 Å². The average Bonchev–Trinajstić information content (AvgIpc) is 3.33. The van der Waals surface area contributed by atoms with Gasteiger partial charge in [0.1, 0.15) is 25.4 Å². The van der Waals surface area contributed by atoms with Crippen LogP contribution in [0.5, 0.6) is 11.8 Å². The number of amides is 2. The number of morpholine rings is 2. The molecule has 0 radical (unpaired) electrons. The Labute approximate surface area is 400 Å². The molecule has 2 aromatic carbocycles. The van der Waals surface area contributed by atoms with Gasteiger partial charge >= 0.3 is 0 Å². The van der Waals surface area contributed by atoms with Gasteiger partial charge in [0.15, 0.2) is 11.0 Å². The molecule has 2 saturated heterocycles. The highest BCUT2D eigenvalue weighted by Gasteiger charge is 2.25. The highest BCUT2D eigenvalue weighted by atomic mass is 32.1. The first-order chi connectivity index (χ1) is 30.9. The van der Waals surface area contributed by atoms with Gasteiger partial charge in [-0.2, -0.15) is 27.0 Å². The molecule has 0 saturated carbocycles. The fourth-order valence-electron chi connectivity index (χ4n) is 7.04. The molecule has 354 valence electrons. The van der Waals surface area contributed by atoms with Gasteiger partial charge in [0, 0.05) is 109 Å². The Morgan fingerprint density at radius 3 is 1.44 bits per heavy atom. The van der Waals surface area contributed by atoms with E-state index >= 15 is 0 Å². The van der Waals surface area contributed by atoms with E-state index in [-0.39, 0.29) is 64.2 Å². The zero-order valence-corrected chi connectivity index (χ0v) is 40.8. The van der Waals surface area contributed by atoms with Crippen molar-refractivity contribution in [2.24, 2.45) is 0 Å². The molecule has 6 heterocycles. The first-order valence-electron chi connectivity index (χ1n) is 21.2. The summed E-state index contributed by atoms with van der Waals surface area (Å²) in [5.41, 5.74) is 8.35. The Hall–Kier alpha value is -5.86. The lowest BCUT2D eigenvalue weighted by atomic mass is 10.1. The third-order valence-corrected chi connectivity index (χ3v) is 10.9. The van der Waals surface area contributed by atoms with Crippen LogP contribution in [0.15, 0.2) is 85.5 Å². The number of fused-ring (bicyclic) bond motifs is 2. The van der Waals surface area contributed by atoms with Crippen molar-refractivity contribution < 1.29 is 33.6 Å². The highest BCUT2D eigenvalue weighted by molar-refractivity contribution is 7.59. The van der Waals surface area contributed by atoms with Crippen molar-refractivity contribution in [1.82, 2.24) is 39.7 Å². The summed E-state index contributed by atoms with van der Waals surface area (Å²) in [5.74, 6) is 0.913. The van der Waals surface area contributed by atoms with Crippen LogP contribution in [0.3, 0.4) is 0 Å². The summed E-state index contributed by atoms with van der Waals surface area (Å²) < 4.78 is 23.6. The third-order valence-electron chi connectivity index (χ3n) is 10.9. The molecule has 2 aliphatic heterocycles. The van der Waals surface area contributed by atoms with Crippen LogP contribution in [0.1, 0.15) is 27.7 Å². The first-order valence-corrected chi connectivity index (χ1v) is 21.2. The van der Waals surface area contributed by atoms with E-state index in [1.165, 1.54) is 0 Å². The van der Waals surface area contributed by atoms with E-state index in [1.807, 2.05) is 55.4 Å². The Balaban J connectivity index is 0.000000271. The molecule has 17 nitrogen and oxygen atoms in total. The second-order valence-electron chi connectivity index (χ2n) is 15.7. The molecule has 4 aromatic heterocycles. The number of aliphatic hydroxyl groups excluding tert-OH is 1. The normalized spacial score (nSPS) is 15.5. The lowest BCUT2D eigenvalue weighted by Gasteiger charge is -2.32. The van der Waals surface area contributed by atoms with Crippen molar-refractivity contribution in [2.75, 3.05) is 90.7 Å². The molecular formula is C47H62N10O7S2. The van der Waals surface area contributed by atoms with E-state index < -0.39 is 0 Å². The molecular weight excluding hydrogens is 881 g/mol. The molecule has 2 fully saturated rings. The molecule has 2 atom stereocenters. The number of aromatic nitrogens is 6. The smallest absolute Gasteiger partial charge is 0.242 e. The number of carbonyl (C=O) groups excluding carboxylic acids is 2. The molecule has 8 rings (SSSR count). The summed E-state index contributed by atoms with van der Waals surface area (Å²) in [5, 5.41) is 7.00. The summed E-state index contributed by atoms with van der Waals surface area (Å²) >= 11 is 0. The van der Waals surface area contributed by atoms with Crippen LogP contribution in [0.25, 0.3) is 44.6 Å². The fourth-order valence-corrected chi connectivity index (χ4v) is 7.04. The van der Waals surface area contributed by atoms with Crippen LogP contribution < -0.4 is 19.3 Å². The number of anilines is 2. The minimum absolute atomic E-state index is 0. The van der Waals surface area contributed by atoms with Crippen molar-refractivity contribution in [3.8, 4) is 34.3 Å². The maximum Gasteiger partial charge on any atom is 0.242 e. The number of pyridine rings is 2. The van der Waals surface area contributed by atoms with Crippen molar-refractivity contribution in [3.05, 3.63) is 85.5 Å². The number of nitrogens with zero attached hydrogens (tertiary/aromatic N) is 10. The quantitative estimate of drug-likeness (QED) is 0.175. The van der Waals surface area contributed by atoms with Crippen LogP contribution >= 0.6 is 27.0 Å². The number of benzene rings is 2. The van der Waals surface area contributed by atoms with Crippen LogP contribution in [0.4, 0.5) is 11.4 Å². The molecule has 66 heavy (non-hydrogen) atoms. The largest absolute Gasteiger partial charge is 0.473 e. The lowest BCUT2D eigenvalue weighted by molar-refractivity contribution is -0.138. The number of rotatable bonds is 11. The average molecular weight is 943 g/mol. The fraction of sp³-hybridized carbons (Fsp3) is 0.404. The number of aliphatic hydroxyl groups is 1. The Morgan fingerprint density at radius 1 is 0.667 bits per heavy atom. The summed E-state index contributed by atoms with van der Waals surface area (Å²) in [6.45, 7) is 11.2. The van der Waals surface area contributed by atoms with E-state index in [1.54, 1.807) is 48.4 Å². The van der Waals surface area contributed by atoms with Gasteiger partial charge in [-0.3, -0.25) is 19.6 Å². The molecule has 0 aliphatic carbocycles. The summed E-state index contributed by atoms with van der Waals surface area (Å²) in [7, 11) is 7.09. The predicted molar refractivity (Wildman–Crippen MR) is 267 cm³/mol. The van der Waals surface area contributed by atoms with Crippen LogP contribution in [-0.4, -0.2) is 156 Å². The molecule has 0 bridgehead atoms. The second-order valence-corrected chi connectivity index (χ2v) is 15.7. The summed E-state index contributed by atoms with van der Waals surface area (Å²) in [4.78, 5) is 58.3. The standard InChI is InChI=1S/C24H29N5O3.C22H25N5O3.CH4O.2H2S/c1-16(2)28(4)19-7-5-18(6-8-19)21-13-22-23(26-10-9-25-22)24(27-21)32-15-20-14-29(17(3)30)11-12-31-20;1-15(28)27-10-11-29-18(13-27)14-30-22-21-20(23-8-9-24-21)12-19(25-22)16-4-6-17(7-5-16)26(2)3;1-2;;/h5-10,13,16,20H,11-12,14-15H2,1-4H3;4-9,12,18H,10-11,13-14H2,1-3H3;2H,1H3;2*1H2/t20-;18-;;;/m00.../s1. The minimum Gasteiger partial charge on any atom is -0.473 e. The molecule has 2 amide bonds. The van der Waals surface area contributed by atoms with Gasteiger partial charge in [0.05, 0.1) is 48.7 Å². The first kappa shape index (κ1) is 52.8. The van der Waals surface area contributed by atoms with Gasteiger partial charge in [-0.15, -0.1) is 0 Å². The molecule has 0 spiro atoms. The van der Waals surface area contributed by atoms with Gasteiger partial charge in [-0.25, -0.2) is 19.9 Å². The highest BCUT2D eigenvalue weighted by Crippen LogP contribution is 2.30. The third kappa shape index (κ3) is 13.6. The Morgan fingerprint density at radius 2 is 1.06 bits per heavy atom. The van der Waals surface area contributed by atoms with Crippen molar-refractivity contribution in [1.29, 1.82) is 0 Å². The zero-order valence-electron chi connectivity index (χ0n) is 38.8. The number of ether oxygens (including phenoxy) is 4. The SMILES string of the molecule is CC(=O)N1CCO[C@H](COc2nc(-c3ccc(N(C)C(C)C)cc3)cc3nccnc23)C1.CC(=O)N1CCO[C@H](COc2nc(-c3ccc(N(C)C)cc3)cc3nccnc23)C1.CO.S.S. The van der Waals surface area contributed by atoms with Crippen LogP contribution in [0.2, 0.25) is 0 Å². The molecule has 2 aliphatic rings. The van der Waals surface area contributed by atoms with Crippen molar-refractivity contribution >= 4 is 72.2 Å². The topological polar surface area (TPSA) is 182 Å². The molecule has 0 unspecified atom stereocenters. The summed E-state index contributed by atoms with van der Waals surface area (Å²) in [6.07, 6.45) is 6.14. The van der Waals surface area contributed by atoms with Gasteiger partial charge in [-0.05, 0) is 50.2 Å². The molecule has 6 aromatic rings. The number of carbonyl (C=O) groups is 2. The molecule has 1 N–H and O–H groups in total. The number of hydrogen-bond acceptors (Lipinski definition) is 15. The Bertz CT molecular complexity index is 2490. The van der Waals surface area contributed by atoms with Crippen LogP contribution in [-0.2, 0) is 19.1 Å². The van der Waals surface area contributed by atoms with E-state index in [9.17, 15) is 9.59 Å². The van der Waals surface area contributed by atoms with Gasteiger partial charge < -0.3 is 43.7 Å². The maximum atomic E-state index is 11.7. The zero-order chi connectivity index (χ0) is 45.8. The molecule has 19 heteroatoms. The summed E-state index contributed by atoms with van der Waals surface area (Å²) in [6, 6.07) is 20.7. The van der Waals surface area contributed by atoms with Crippen molar-refractivity contribution in [2.45, 2.75) is 45.9 Å². The van der Waals surface area contributed by atoms with Crippen LogP contribution in [0, 0.1) is 0 Å². The van der Waals surface area contributed by atoms with Gasteiger partial charge in [0.25, 0.3) is 0 Å². The second kappa shape index (κ2) is 25.2. The Kier molecular flexibility index (Phi) is 20.1. The van der Waals surface area contributed by atoms with Crippen molar-refractivity contribution in [3.63, 3.8) is 0 Å². The lowest BCUT2D eigenvalue weighted by Crippen LogP contribution is -2.46. The van der Waals surface area contributed by atoms with E-state index in [2.05, 4.69) is 70.0 Å². The maximum absolute atomic E-state index is 11.7. The minimum atomic E-state index is -0.212. The van der Waals surface area contributed by atoms with E-state index in [0.29, 0.717) is 79.3 Å². The van der Waals surface area contributed by atoms with E-state index in [4.69, 9.17) is 34.0 Å². The predicted octanol–water partition coefficient (Wildman–Crippen LogP) is 5.38.